The molecule has 15 heavy (non-hydrogen) atoms. The van der Waals surface area contributed by atoms with Crippen molar-refractivity contribution < 1.29 is 4.79 Å². The molecule has 78 valence electrons. The minimum Gasteiger partial charge on any atom is -0.350 e. The van der Waals surface area contributed by atoms with Gasteiger partial charge in [-0.05, 0) is 24.6 Å². The Bertz CT molecular complexity index is 376. The highest BCUT2D eigenvalue weighted by molar-refractivity contribution is 5.75. The van der Waals surface area contributed by atoms with E-state index in [-0.39, 0.29) is 11.9 Å². The van der Waals surface area contributed by atoms with Gasteiger partial charge in [0.1, 0.15) is 0 Å². The molecule has 1 amide bonds. The second-order valence-corrected chi connectivity index (χ2v) is 3.38. The van der Waals surface area contributed by atoms with Crippen molar-refractivity contribution in [1.29, 1.82) is 5.26 Å². The van der Waals surface area contributed by atoms with Gasteiger partial charge < -0.3 is 5.32 Å². The molecule has 0 aromatic heterocycles. The molecule has 0 saturated carbocycles. The highest BCUT2D eigenvalue weighted by Crippen LogP contribution is 2.12. The normalized spacial score (nSPS) is 11.5. The minimum absolute atomic E-state index is 0.00908. The van der Waals surface area contributed by atoms with E-state index in [4.69, 9.17) is 5.26 Å². The first-order valence-electron chi connectivity index (χ1n) is 4.96. The van der Waals surface area contributed by atoms with Crippen LogP contribution in [-0.4, -0.2) is 5.91 Å². The molecule has 0 aliphatic rings. The van der Waals surface area contributed by atoms with Crippen LogP contribution in [0.2, 0.25) is 0 Å². The average Bonchev–Trinajstić information content (AvgIpc) is 2.29. The molecule has 1 atom stereocenters. The topological polar surface area (TPSA) is 52.9 Å². The predicted molar refractivity (Wildman–Crippen MR) is 58.0 cm³/mol. The molecule has 0 radical (unpaired) electrons. The maximum Gasteiger partial charge on any atom is 0.220 e. The number of amides is 1. The summed E-state index contributed by atoms with van der Waals surface area (Å²) in [7, 11) is 0. The lowest BCUT2D eigenvalue weighted by molar-refractivity contribution is -0.121. The summed E-state index contributed by atoms with van der Waals surface area (Å²) >= 11 is 0. The molecular formula is C12H14N2O. The number of carbonyl (C=O) groups is 1. The lowest BCUT2D eigenvalue weighted by atomic mass is 10.1. The van der Waals surface area contributed by atoms with Crippen LogP contribution < -0.4 is 5.32 Å². The minimum atomic E-state index is -0.00908. The van der Waals surface area contributed by atoms with E-state index in [1.165, 1.54) is 0 Å². The number of rotatable bonds is 3. The van der Waals surface area contributed by atoms with Gasteiger partial charge in [-0.15, -0.1) is 0 Å². The zero-order valence-corrected chi connectivity index (χ0v) is 8.95. The molecule has 0 bridgehead atoms. The van der Waals surface area contributed by atoms with E-state index in [0.29, 0.717) is 12.0 Å². The number of nitrogens with zero attached hydrogens (tertiary/aromatic N) is 1. The number of carbonyl (C=O) groups excluding carboxylic acids is 1. The Hall–Kier alpha value is -1.82. The van der Waals surface area contributed by atoms with Crippen LogP contribution in [0.4, 0.5) is 0 Å². The standard InChI is InChI=1S/C12H14N2O/c1-3-12(15)14-9(2)11-6-4-10(8-13)5-7-11/h4-7,9H,3H2,1-2H3,(H,14,15). The van der Waals surface area contributed by atoms with Gasteiger partial charge in [-0.25, -0.2) is 0 Å². The molecule has 0 spiro atoms. The Balaban J connectivity index is 2.70. The van der Waals surface area contributed by atoms with Crippen molar-refractivity contribution in [2.24, 2.45) is 0 Å². The molecule has 1 unspecified atom stereocenters. The molecule has 1 rings (SSSR count). The fourth-order valence-electron chi connectivity index (χ4n) is 1.27. The Morgan fingerprint density at radius 2 is 2.07 bits per heavy atom. The smallest absolute Gasteiger partial charge is 0.220 e. The van der Waals surface area contributed by atoms with Gasteiger partial charge in [0.25, 0.3) is 0 Å². The zero-order chi connectivity index (χ0) is 11.3. The summed E-state index contributed by atoms with van der Waals surface area (Å²) in [5.74, 6) is 0.0341. The Morgan fingerprint density at radius 1 is 1.47 bits per heavy atom. The van der Waals surface area contributed by atoms with Crippen molar-refractivity contribution in [1.82, 2.24) is 5.32 Å². The van der Waals surface area contributed by atoms with Gasteiger partial charge in [0.05, 0.1) is 17.7 Å². The van der Waals surface area contributed by atoms with Crippen LogP contribution in [0.25, 0.3) is 0 Å². The highest BCUT2D eigenvalue weighted by Gasteiger charge is 2.07. The van der Waals surface area contributed by atoms with Crippen molar-refractivity contribution in [3.05, 3.63) is 35.4 Å². The van der Waals surface area contributed by atoms with Crippen molar-refractivity contribution in [2.75, 3.05) is 0 Å². The lowest BCUT2D eigenvalue weighted by Gasteiger charge is -2.13. The van der Waals surface area contributed by atoms with Crippen LogP contribution in [-0.2, 0) is 4.79 Å². The first-order chi connectivity index (χ1) is 7.17. The van der Waals surface area contributed by atoms with Crippen molar-refractivity contribution in [3.63, 3.8) is 0 Å². The van der Waals surface area contributed by atoms with E-state index in [1.807, 2.05) is 26.0 Å². The van der Waals surface area contributed by atoms with E-state index in [9.17, 15) is 4.79 Å². The molecule has 0 aliphatic carbocycles. The van der Waals surface area contributed by atoms with Gasteiger partial charge in [-0.1, -0.05) is 19.1 Å². The second kappa shape index (κ2) is 5.16. The fourth-order valence-corrected chi connectivity index (χ4v) is 1.27. The van der Waals surface area contributed by atoms with Crippen LogP contribution in [0.1, 0.15) is 37.4 Å². The van der Waals surface area contributed by atoms with E-state index in [1.54, 1.807) is 12.1 Å². The van der Waals surface area contributed by atoms with E-state index >= 15 is 0 Å². The van der Waals surface area contributed by atoms with Gasteiger partial charge in [0.15, 0.2) is 0 Å². The van der Waals surface area contributed by atoms with Crippen LogP contribution >= 0.6 is 0 Å². The largest absolute Gasteiger partial charge is 0.350 e. The first-order valence-corrected chi connectivity index (χ1v) is 4.96. The van der Waals surface area contributed by atoms with Crippen LogP contribution in [0.15, 0.2) is 24.3 Å². The summed E-state index contributed by atoms with van der Waals surface area (Å²) in [6.07, 6.45) is 0.487. The number of hydrogen-bond donors (Lipinski definition) is 1. The van der Waals surface area contributed by atoms with E-state index in [2.05, 4.69) is 11.4 Å². The monoisotopic (exact) mass is 202 g/mol. The number of nitriles is 1. The van der Waals surface area contributed by atoms with Crippen molar-refractivity contribution in [3.8, 4) is 6.07 Å². The van der Waals surface area contributed by atoms with Crippen LogP contribution in [0.3, 0.4) is 0 Å². The first kappa shape index (κ1) is 11.3. The molecular weight excluding hydrogens is 188 g/mol. The Kier molecular flexibility index (Phi) is 3.87. The fraction of sp³-hybridized carbons (Fsp3) is 0.333. The molecule has 0 heterocycles. The summed E-state index contributed by atoms with van der Waals surface area (Å²) in [5, 5.41) is 11.5. The van der Waals surface area contributed by atoms with Crippen molar-refractivity contribution in [2.45, 2.75) is 26.3 Å². The second-order valence-electron chi connectivity index (χ2n) is 3.38. The van der Waals surface area contributed by atoms with Gasteiger partial charge in [-0.2, -0.15) is 5.26 Å². The third-order valence-corrected chi connectivity index (χ3v) is 2.24. The van der Waals surface area contributed by atoms with Crippen LogP contribution in [0, 0.1) is 11.3 Å². The average molecular weight is 202 g/mol. The molecule has 3 nitrogen and oxygen atoms in total. The summed E-state index contributed by atoms with van der Waals surface area (Å²) < 4.78 is 0. The number of benzene rings is 1. The summed E-state index contributed by atoms with van der Waals surface area (Å²) in [4.78, 5) is 11.2. The number of hydrogen-bond acceptors (Lipinski definition) is 2. The summed E-state index contributed by atoms with van der Waals surface area (Å²) in [6.45, 7) is 3.75. The molecule has 1 aromatic carbocycles. The van der Waals surface area contributed by atoms with Crippen LogP contribution in [0.5, 0.6) is 0 Å². The molecule has 1 N–H and O–H groups in total. The highest BCUT2D eigenvalue weighted by atomic mass is 16.1. The maximum absolute atomic E-state index is 11.2. The SMILES string of the molecule is CCC(=O)NC(C)c1ccc(C#N)cc1. The summed E-state index contributed by atoms with van der Waals surface area (Å²) in [5.41, 5.74) is 1.64. The Labute approximate surface area is 89.7 Å². The third kappa shape index (κ3) is 3.10. The lowest BCUT2D eigenvalue weighted by Crippen LogP contribution is -2.25. The summed E-state index contributed by atoms with van der Waals surface area (Å²) in [6, 6.07) is 9.28. The molecule has 0 aliphatic heterocycles. The predicted octanol–water partition coefficient (Wildman–Crippen LogP) is 2.15. The van der Waals surface area contributed by atoms with E-state index in [0.717, 1.165) is 5.56 Å². The van der Waals surface area contributed by atoms with Crippen molar-refractivity contribution >= 4 is 5.91 Å². The third-order valence-electron chi connectivity index (χ3n) is 2.24. The van der Waals surface area contributed by atoms with Gasteiger partial charge >= 0.3 is 0 Å². The maximum atomic E-state index is 11.2. The molecule has 0 saturated heterocycles. The van der Waals surface area contributed by atoms with Gasteiger partial charge in [0, 0.05) is 6.42 Å². The van der Waals surface area contributed by atoms with E-state index < -0.39 is 0 Å². The number of nitrogens with one attached hydrogen (secondary N) is 1. The van der Waals surface area contributed by atoms with Gasteiger partial charge in [-0.3, -0.25) is 4.79 Å². The van der Waals surface area contributed by atoms with Gasteiger partial charge in [0.2, 0.25) is 5.91 Å². The zero-order valence-electron chi connectivity index (χ0n) is 8.95. The molecule has 3 heteroatoms. The quantitative estimate of drug-likeness (QED) is 0.816. The Morgan fingerprint density at radius 3 is 2.53 bits per heavy atom. The molecule has 0 fully saturated rings. The molecule has 1 aromatic rings.